The summed E-state index contributed by atoms with van der Waals surface area (Å²) in [5, 5.41) is 7.13. The fourth-order valence-electron chi connectivity index (χ4n) is 3.19. The molecule has 1 aliphatic rings. The van der Waals surface area contributed by atoms with E-state index in [4.69, 9.17) is 14.3 Å². The average Bonchev–Trinajstić information content (AvgIpc) is 2.72. The molecule has 5 heteroatoms. The Hall–Kier alpha value is -0.393. The van der Waals surface area contributed by atoms with Gasteiger partial charge in [-0.05, 0) is 51.7 Å². The second-order valence-electron chi connectivity index (χ2n) is 9.12. The van der Waals surface area contributed by atoms with E-state index in [1.54, 1.807) is 7.11 Å². The number of nitrogens with zero attached hydrogens (tertiary/aromatic N) is 2. The van der Waals surface area contributed by atoms with Crippen LogP contribution in [0.25, 0.3) is 0 Å². The van der Waals surface area contributed by atoms with Crippen molar-refractivity contribution < 1.29 is 9.16 Å². The van der Waals surface area contributed by atoms with E-state index in [9.17, 15) is 0 Å². The molecule has 0 aromatic rings. The van der Waals surface area contributed by atoms with Crippen molar-refractivity contribution in [2.24, 2.45) is 10.5 Å². The molecule has 1 aliphatic heterocycles. The van der Waals surface area contributed by atoms with Crippen LogP contribution in [0.1, 0.15) is 53.9 Å². The summed E-state index contributed by atoms with van der Waals surface area (Å²) in [7, 11) is 0.141. The van der Waals surface area contributed by atoms with Crippen molar-refractivity contribution >= 4 is 14.0 Å². The Bertz CT molecular complexity index is 412. The SMILES string of the molecule is COC[C@@H]1CCCN1/N=C(\C)CC(C)(O[Si](C)(C)C)C(C)(C)C. The zero-order valence-corrected chi connectivity index (χ0v) is 17.8. The van der Waals surface area contributed by atoms with Gasteiger partial charge in [0.05, 0.1) is 18.2 Å². The topological polar surface area (TPSA) is 34.1 Å². The van der Waals surface area contributed by atoms with Crippen molar-refractivity contribution in [1.82, 2.24) is 5.01 Å². The molecule has 136 valence electrons. The maximum atomic E-state index is 6.61. The minimum absolute atomic E-state index is 0.0704. The summed E-state index contributed by atoms with van der Waals surface area (Å²) in [6.07, 6.45) is 3.25. The Balaban J connectivity index is 2.88. The van der Waals surface area contributed by atoms with Gasteiger partial charge in [0, 0.05) is 25.8 Å². The van der Waals surface area contributed by atoms with Crippen molar-refractivity contribution in [3.63, 3.8) is 0 Å². The molecule has 4 nitrogen and oxygen atoms in total. The fraction of sp³-hybridized carbons (Fsp3) is 0.944. The quantitative estimate of drug-likeness (QED) is 0.504. The fourth-order valence-corrected chi connectivity index (χ4v) is 4.92. The number of methoxy groups -OCH3 is 1. The number of hydrogen-bond donors (Lipinski definition) is 0. The van der Waals surface area contributed by atoms with Gasteiger partial charge in [-0.25, -0.2) is 0 Å². The third-order valence-electron chi connectivity index (χ3n) is 4.72. The Morgan fingerprint density at radius 2 is 1.83 bits per heavy atom. The van der Waals surface area contributed by atoms with Crippen molar-refractivity contribution in [3.8, 4) is 0 Å². The van der Waals surface area contributed by atoms with E-state index in [2.05, 4.69) is 59.3 Å². The van der Waals surface area contributed by atoms with Crippen LogP contribution < -0.4 is 0 Å². The highest BCUT2D eigenvalue weighted by molar-refractivity contribution is 6.69. The lowest BCUT2D eigenvalue weighted by Crippen LogP contribution is -2.50. The Morgan fingerprint density at radius 3 is 2.30 bits per heavy atom. The van der Waals surface area contributed by atoms with E-state index in [0.717, 1.165) is 25.3 Å². The van der Waals surface area contributed by atoms with Crippen molar-refractivity contribution in [3.05, 3.63) is 0 Å². The number of rotatable bonds is 7. The predicted molar refractivity (Wildman–Crippen MR) is 102 cm³/mol. The molecule has 1 heterocycles. The third kappa shape index (κ3) is 6.20. The average molecular weight is 343 g/mol. The standard InChI is InChI=1S/C18H38N2O2Si/c1-15(19-20-12-10-11-16(20)14-21-6)13-18(5,17(2,3)4)22-23(7,8)9/h16H,10-14H2,1-9H3/b19-15+/t16-,18?/m0/s1. The molecule has 0 radical (unpaired) electrons. The van der Waals surface area contributed by atoms with E-state index in [1.807, 2.05) is 0 Å². The van der Waals surface area contributed by atoms with E-state index >= 15 is 0 Å². The van der Waals surface area contributed by atoms with Crippen LogP contribution in [-0.2, 0) is 9.16 Å². The van der Waals surface area contributed by atoms with Gasteiger partial charge in [0.15, 0.2) is 8.32 Å². The lowest BCUT2D eigenvalue weighted by atomic mass is 9.75. The van der Waals surface area contributed by atoms with Crippen LogP contribution in [0.4, 0.5) is 0 Å². The van der Waals surface area contributed by atoms with Gasteiger partial charge in [-0.15, -0.1) is 0 Å². The van der Waals surface area contributed by atoms with Crippen molar-refractivity contribution in [2.45, 2.75) is 85.2 Å². The summed E-state index contributed by atoms with van der Waals surface area (Å²) in [5.74, 6) is 0. The van der Waals surface area contributed by atoms with Gasteiger partial charge in [0.25, 0.3) is 0 Å². The highest BCUT2D eigenvalue weighted by Crippen LogP contribution is 2.39. The van der Waals surface area contributed by atoms with Crippen molar-refractivity contribution in [1.29, 1.82) is 0 Å². The molecule has 0 spiro atoms. The smallest absolute Gasteiger partial charge is 0.184 e. The van der Waals surface area contributed by atoms with Crippen LogP contribution in [0, 0.1) is 5.41 Å². The summed E-state index contributed by atoms with van der Waals surface area (Å²) in [6, 6.07) is 0.425. The molecule has 1 rings (SSSR count). The van der Waals surface area contributed by atoms with Gasteiger partial charge in [-0.1, -0.05) is 20.8 Å². The highest BCUT2D eigenvalue weighted by atomic mass is 28.4. The molecule has 0 aromatic heterocycles. The molecule has 0 bridgehead atoms. The zero-order chi connectivity index (χ0) is 17.9. The van der Waals surface area contributed by atoms with Crippen LogP contribution in [0.15, 0.2) is 5.10 Å². The van der Waals surface area contributed by atoms with Crippen molar-refractivity contribution in [2.75, 3.05) is 20.3 Å². The second-order valence-corrected chi connectivity index (χ2v) is 13.6. The van der Waals surface area contributed by atoms with E-state index in [1.165, 1.54) is 12.8 Å². The molecule has 1 unspecified atom stereocenters. The Labute approximate surface area is 144 Å². The maximum absolute atomic E-state index is 6.61. The summed E-state index contributed by atoms with van der Waals surface area (Å²) < 4.78 is 11.9. The molecule has 2 atom stereocenters. The van der Waals surface area contributed by atoms with Crippen LogP contribution in [0.2, 0.25) is 19.6 Å². The summed E-state index contributed by atoms with van der Waals surface area (Å²) in [6.45, 7) is 19.8. The first-order valence-corrected chi connectivity index (χ1v) is 12.3. The maximum Gasteiger partial charge on any atom is 0.184 e. The lowest BCUT2D eigenvalue weighted by molar-refractivity contribution is -0.0176. The monoisotopic (exact) mass is 342 g/mol. The first kappa shape index (κ1) is 20.7. The lowest BCUT2D eigenvalue weighted by Gasteiger charge is -2.46. The first-order chi connectivity index (χ1) is 10.4. The van der Waals surface area contributed by atoms with Gasteiger partial charge in [0.1, 0.15) is 0 Å². The molecule has 0 aliphatic carbocycles. The summed E-state index contributed by atoms with van der Waals surface area (Å²) in [5.41, 5.74) is 1.03. The highest BCUT2D eigenvalue weighted by Gasteiger charge is 2.42. The van der Waals surface area contributed by atoms with E-state index < -0.39 is 8.32 Å². The molecule has 1 saturated heterocycles. The molecular weight excluding hydrogens is 304 g/mol. The zero-order valence-electron chi connectivity index (χ0n) is 16.8. The molecule has 1 fully saturated rings. The molecule has 23 heavy (non-hydrogen) atoms. The molecule has 0 N–H and O–H groups in total. The number of hydrazone groups is 1. The summed E-state index contributed by atoms with van der Waals surface area (Å²) in [4.78, 5) is 0. The molecule has 0 amide bonds. The van der Waals surface area contributed by atoms with Crippen LogP contribution in [0.3, 0.4) is 0 Å². The summed E-state index contributed by atoms with van der Waals surface area (Å²) >= 11 is 0. The molecular formula is C18H38N2O2Si. The van der Waals surface area contributed by atoms with Gasteiger partial charge < -0.3 is 9.16 Å². The second kappa shape index (κ2) is 7.66. The normalized spacial score (nSPS) is 23.3. The largest absolute Gasteiger partial charge is 0.412 e. The van der Waals surface area contributed by atoms with E-state index in [0.29, 0.717) is 6.04 Å². The molecule has 0 saturated carbocycles. The number of ether oxygens (including phenoxy) is 1. The van der Waals surface area contributed by atoms with Crippen LogP contribution in [-0.4, -0.2) is 50.9 Å². The van der Waals surface area contributed by atoms with Crippen LogP contribution in [0.5, 0.6) is 0 Å². The minimum Gasteiger partial charge on any atom is -0.412 e. The minimum atomic E-state index is -1.63. The van der Waals surface area contributed by atoms with E-state index in [-0.39, 0.29) is 11.0 Å². The Morgan fingerprint density at radius 1 is 1.22 bits per heavy atom. The van der Waals surface area contributed by atoms with Gasteiger partial charge in [-0.3, -0.25) is 5.01 Å². The van der Waals surface area contributed by atoms with Gasteiger partial charge >= 0.3 is 0 Å². The van der Waals surface area contributed by atoms with Gasteiger partial charge in [0.2, 0.25) is 0 Å². The predicted octanol–water partition coefficient (Wildman–Crippen LogP) is 4.52. The van der Waals surface area contributed by atoms with Crippen LogP contribution >= 0.6 is 0 Å². The third-order valence-corrected chi connectivity index (χ3v) is 5.78. The first-order valence-electron chi connectivity index (χ1n) is 8.88. The van der Waals surface area contributed by atoms with Gasteiger partial charge in [-0.2, -0.15) is 5.10 Å². The molecule has 0 aromatic carbocycles. The number of hydrogen-bond acceptors (Lipinski definition) is 4. The Kier molecular flexibility index (Phi) is 6.88.